The first-order valence-corrected chi connectivity index (χ1v) is 8.95. The van der Waals surface area contributed by atoms with Gasteiger partial charge < -0.3 is 10.6 Å². The Kier molecular flexibility index (Phi) is 4.59. The van der Waals surface area contributed by atoms with E-state index in [1.165, 1.54) is 18.3 Å². The van der Waals surface area contributed by atoms with Crippen LogP contribution in [0.3, 0.4) is 0 Å². The van der Waals surface area contributed by atoms with Gasteiger partial charge in [0.05, 0.1) is 11.2 Å². The number of carbonyl (C=O) groups is 1. The smallest absolute Gasteiger partial charge is 0.263 e. The number of hydrogen-bond donors (Lipinski definition) is 1. The molecule has 1 aliphatic rings. The van der Waals surface area contributed by atoms with Crippen molar-refractivity contribution in [2.45, 2.75) is 12.8 Å². The Morgan fingerprint density at radius 3 is 2.79 bits per heavy atom. The second-order valence-corrected chi connectivity index (χ2v) is 6.90. The van der Waals surface area contributed by atoms with Crippen molar-refractivity contribution < 1.29 is 13.6 Å². The molecular formula is C21H17F2N5O. The summed E-state index contributed by atoms with van der Waals surface area (Å²) in [6.45, 7) is 0.266. The van der Waals surface area contributed by atoms with Gasteiger partial charge in [0, 0.05) is 24.7 Å². The number of carbonyl (C=O) groups excluding carboxylic acids is 1. The lowest BCUT2D eigenvalue weighted by atomic mass is 9.87. The van der Waals surface area contributed by atoms with Crippen LogP contribution in [0.5, 0.6) is 0 Å². The number of nitrogens with two attached hydrogens (primary N) is 1. The van der Waals surface area contributed by atoms with Crippen molar-refractivity contribution in [3.05, 3.63) is 48.3 Å². The predicted octanol–water partition coefficient (Wildman–Crippen LogP) is 2.74. The second-order valence-electron chi connectivity index (χ2n) is 6.90. The zero-order chi connectivity index (χ0) is 20.6. The molecule has 1 amide bonds. The third-order valence-corrected chi connectivity index (χ3v) is 5.04. The van der Waals surface area contributed by atoms with Crippen LogP contribution in [-0.4, -0.2) is 45.8 Å². The van der Waals surface area contributed by atoms with Crippen molar-refractivity contribution >= 4 is 22.8 Å². The van der Waals surface area contributed by atoms with Gasteiger partial charge in [-0.1, -0.05) is 24.0 Å². The topological polar surface area (TPSA) is 85.0 Å². The number of likely N-dealkylation sites (tertiary alicyclic amines) is 1. The lowest BCUT2D eigenvalue weighted by Crippen LogP contribution is -2.37. The fraction of sp³-hybridized carbons (Fsp3) is 0.238. The SMILES string of the molecule is CN1CC[C@@](C#Cc2cccc(-c3ccc4ncnc(N)c4n3)c2)(C(F)F)C1=O. The summed E-state index contributed by atoms with van der Waals surface area (Å²) in [6, 6.07) is 10.6. The van der Waals surface area contributed by atoms with Crippen LogP contribution in [0.15, 0.2) is 42.7 Å². The van der Waals surface area contributed by atoms with Gasteiger partial charge in [-0.05, 0) is 30.7 Å². The summed E-state index contributed by atoms with van der Waals surface area (Å²) in [5.74, 6) is 4.96. The molecular weight excluding hydrogens is 376 g/mol. The molecule has 1 atom stereocenters. The van der Waals surface area contributed by atoms with Crippen LogP contribution in [0, 0.1) is 17.3 Å². The van der Waals surface area contributed by atoms with Gasteiger partial charge in [-0.3, -0.25) is 4.79 Å². The second kappa shape index (κ2) is 7.09. The Morgan fingerprint density at radius 2 is 2.07 bits per heavy atom. The van der Waals surface area contributed by atoms with Crippen molar-refractivity contribution in [2.24, 2.45) is 5.41 Å². The Morgan fingerprint density at radius 1 is 1.24 bits per heavy atom. The van der Waals surface area contributed by atoms with E-state index in [1.807, 2.05) is 6.07 Å². The predicted molar refractivity (Wildman–Crippen MR) is 105 cm³/mol. The lowest BCUT2D eigenvalue weighted by Gasteiger charge is -2.19. The number of halogens is 2. The van der Waals surface area contributed by atoms with Crippen molar-refractivity contribution in [1.29, 1.82) is 0 Å². The standard InChI is InChI=1S/C21H17F2N5O/c1-28-10-9-21(19(22)23,20(28)29)8-7-13-3-2-4-14(11-13)15-5-6-16-17(27-15)18(24)26-12-25-16/h2-6,11-12,19H,9-10H2,1H3,(H2,24,25,26)/t21-/m0/s1. The fourth-order valence-corrected chi connectivity index (χ4v) is 3.33. The molecule has 1 aliphatic heterocycles. The summed E-state index contributed by atoms with van der Waals surface area (Å²) in [6.07, 6.45) is -1.46. The van der Waals surface area contributed by atoms with Gasteiger partial charge in [-0.25, -0.2) is 23.7 Å². The summed E-state index contributed by atoms with van der Waals surface area (Å²) >= 11 is 0. The maximum atomic E-state index is 13.7. The molecule has 2 N–H and O–H groups in total. The van der Waals surface area contributed by atoms with Gasteiger partial charge in [0.25, 0.3) is 6.43 Å². The highest BCUT2D eigenvalue weighted by Gasteiger charge is 2.51. The summed E-state index contributed by atoms with van der Waals surface area (Å²) in [5.41, 5.74) is 6.92. The zero-order valence-electron chi connectivity index (χ0n) is 15.6. The van der Waals surface area contributed by atoms with Crippen LogP contribution in [0.25, 0.3) is 22.3 Å². The average Bonchev–Trinajstić information content (AvgIpc) is 3.02. The number of nitrogen functional groups attached to an aromatic ring is 1. The quantitative estimate of drug-likeness (QED) is 0.677. The van der Waals surface area contributed by atoms with E-state index >= 15 is 0 Å². The molecule has 1 aromatic carbocycles. The number of fused-ring (bicyclic) bond motifs is 1. The highest BCUT2D eigenvalue weighted by molar-refractivity contribution is 5.88. The first-order valence-electron chi connectivity index (χ1n) is 8.95. The zero-order valence-corrected chi connectivity index (χ0v) is 15.6. The van der Waals surface area contributed by atoms with Crippen molar-refractivity contribution in [2.75, 3.05) is 19.3 Å². The largest absolute Gasteiger partial charge is 0.382 e. The van der Waals surface area contributed by atoms with Gasteiger partial charge in [0.2, 0.25) is 5.91 Å². The molecule has 1 fully saturated rings. The molecule has 3 heterocycles. The van der Waals surface area contributed by atoms with E-state index in [0.717, 1.165) is 5.56 Å². The van der Waals surface area contributed by atoms with Crippen LogP contribution >= 0.6 is 0 Å². The van der Waals surface area contributed by atoms with E-state index in [0.29, 0.717) is 22.3 Å². The Hall–Kier alpha value is -3.60. The van der Waals surface area contributed by atoms with E-state index in [1.54, 1.807) is 30.3 Å². The van der Waals surface area contributed by atoms with Gasteiger partial charge in [0.1, 0.15) is 11.8 Å². The summed E-state index contributed by atoms with van der Waals surface area (Å²) in [7, 11) is 1.51. The minimum absolute atomic E-state index is 0.0121. The van der Waals surface area contributed by atoms with E-state index < -0.39 is 17.7 Å². The molecule has 0 spiro atoms. The number of hydrogen-bond acceptors (Lipinski definition) is 5. The lowest BCUT2D eigenvalue weighted by molar-refractivity contribution is -0.138. The number of benzene rings is 1. The van der Waals surface area contributed by atoms with E-state index in [-0.39, 0.29) is 18.8 Å². The summed E-state index contributed by atoms with van der Waals surface area (Å²) < 4.78 is 27.3. The van der Waals surface area contributed by atoms with Crippen molar-refractivity contribution in [1.82, 2.24) is 19.9 Å². The molecule has 1 saturated heterocycles. The van der Waals surface area contributed by atoms with Crippen molar-refractivity contribution in [3.63, 3.8) is 0 Å². The molecule has 0 unspecified atom stereocenters. The van der Waals surface area contributed by atoms with Gasteiger partial charge in [0.15, 0.2) is 11.2 Å². The molecule has 6 nitrogen and oxygen atoms in total. The normalized spacial score (nSPS) is 18.9. The number of rotatable bonds is 2. The number of nitrogens with zero attached hydrogens (tertiary/aromatic N) is 4. The molecule has 0 radical (unpaired) electrons. The average molecular weight is 393 g/mol. The molecule has 4 rings (SSSR count). The minimum Gasteiger partial charge on any atom is -0.382 e. The summed E-state index contributed by atoms with van der Waals surface area (Å²) in [4.78, 5) is 26.1. The number of amides is 1. The molecule has 0 saturated carbocycles. The van der Waals surface area contributed by atoms with Crippen LogP contribution in [-0.2, 0) is 4.79 Å². The molecule has 146 valence electrons. The Labute approximate surface area is 165 Å². The highest BCUT2D eigenvalue weighted by atomic mass is 19.3. The maximum Gasteiger partial charge on any atom is 0.263 e. The fourth-order valence-electron chi connectivity index (χ4n) is 3.33. The highest BCUT2D eigenvalue weighted by Crippen LogP contribution is 2.37. The number of anilines is 1. The molecule has 8 heteroatoms. The third-order valence-electron chi connectivity index (χ3n) is 5.04. The van der Waals surface area contributed by atoms with Crippen LogP contribution in [0.1, 0.15) is 12.0 Å². The Balaban J connectivity index is 1.72. The van der Waals surface area contributed by atoms with E-state index in [2.05, 4.69) is 26.8 Å². The number of aromatic nitrogens is 3. The van der Waals surface area contributed by atoms with E-state index in [9.17, 15) is 13.6 Å². The molecule has 0 aliphatic carbocycles. The monoisotopic (exact) mass is 393 g/mol. The van der Waals surface area contributed by atoms with Gasteiger partial charge in [-0.2, -0.15) is 0 Å². The van der Waals surface area contributed by atoms with Crippen LogP contribution in [0.4, 0.5) is 14.6 Å². The van der Waals surface area contributed by atoms with Gasteiger partial charge >= 0.3 is 0 Å². The minimum atomic E-state index is -2.85. The first-order chi connectivity index (χ1) is 13.9. The molecule has 3 aromatic rings. The maximum absolute atomic E-state index is 13.7. The van der Waals surface area contributed by atoms with Crippen LogP contribution < -0.4 is 5.73 Å². The number of alkyl halides is 2. The van der Waals surface area contributed by atoms with Crippen molar-refractivity contribution in [3.8, 4) is 23.1 Å². The van der Waals surface area contributed by atoms with Gasteiger partial charge in [-0.15, -0.1) is 0 Å². The molecule has 29 heavy (non-hydrogen) atoms. The summed E-state index contributed by atoms with van der Waals surface area (Å²) in [5, 5.41) is 0. The Bertz CT molecular complexity index is 1170. The molecule has 2 aromatic heterocycles. The third kappa shape index (κ3) is 3.25. The number of pyridine rings is 1. The van der Waals surface area contributed by atoms with Crippen LogP contribution in [0.2, 0.25) is 0 Å². The first kappa shape index (κ1) is 18.7. The molecule has 0 bridgehead atoms. The van der Waals surface area contributed by atoms with E-state index in [4.69, 9.17) is 5.73 Å².